The summed E-state index contributed by atoms with van der Waals surface area (Å²) in [7, 11) is 0. The highest BCUT2D eigenvalue weighted by Gasteiger charge is 2.08. The summed E-state index contributed by atoms with van der Waals surface area (Å²) in [4.78, 5) is 0. The quantitative estimate of drug-likeness (QED) is 0.860. The van der Waals surface area contributed by atoms with Crippen molar-refractivity contribution in [2.75, 3.05) is 6.54 Å². The molecule has 3 rings (SSSR count). The summed E-state index contributed by atoms with van der Waals surface area (Å²) in [5.74, 6) is 0.771. The zero-order chi connectivity index (χ0) is 15.4. The van der Waals surface area contributed by atoms with Crippen LogP contribution in [0.2, 0.25) is 0 Å². The molecule has 3 N–H and O–H groups in total. The van der Waals surface area contributed by atoms with E-state index in [1.54, 1.807) is 0 Å². The second-order valence-corrected chi connectivity index (χ2v) is 5.59. The number of ether oxygens (including phenoxy) is 1. The predicted molar refractivity (Wildman–Crippen MR) is 88.6 cm³/mol. The first-order chi connectivity index (χ1) is 10.8. The van der Waals surface area contributed by atoms with Gasteiger partial charge in [0.25, 0.3) is 0 Å². The molecule has 0 saturated heterocycles. The zero-order valence-electron chi connectivity index (χ0n) is 12.5. The molecule has 22 heavy (non-hydrogen) atoms. The maximum absolute atomic E-state index is 9.99. The Morgan fingerprint density at radius 3 is 2.95 bits per heavy atom. The fraction of sp³-hybridized carbons (Fsp3) is 0.263. The Morgan fingerprint density at radius 1 is 1.18 bits per heavy atom. The van der Waals surface area contributed by atoms with E-state index in [4.69, 9.17) is 10.5 Å². The van der Waals surface area contributed by atoms with Crippen molar-refractivity contribution >= 4 is 6.08 Å². The van der Waals surface area contributed by atoms with Gasteiger partial charge in [-0.25, -0.2) is 0 Å². The lowest BCUT2D eigenvalue weighted by molar-refractivity contribution is 0.169. The molecule has 0 aromatic heterocycles. The van der Waals surface area contributed by atoms with Gasteiger partial charge in [0, 0.05) is 0 Å². The van der Waals surface area contributed by atoms with Gasteiger partial charge < -0.3 is 15.6 Å². The van der Waals surface area contributed by atoms with Crippen molar-refractivity contribution in [1.29, 1.82) is 0 Å². The Hall–Kier alpha value is -2.10. The van der Waals surface area contributed by atoms with Crippen LogP contribution in [0, 0.1) is 0 Å². The van der Waals surface area contributed by atoms with Gasteiger partial charge in [0.1, 0.15) is 12.4 Å². The van der Waals surface area contributed by atoms with Gasteiger partial charge >= 0.3 is 0 Å². The molecule has 2 aromatic carbocycles. The molecular weight excluding hydrogens is 274 g/mol. The van der Waals surface area contributed by atoms with Crippen molar-refractivity contribution in [3.8, 4) is 5.75 Å². The molecule has 0 aliphatic heterocycles. The highest BCUT2D eigenvalue weighted by Crippen LogP contribution is 2.24. The van der Waals surface area contributed by atoms with Gasteiger partial charge in [-0.3, -0.25) is 0 Å². The molecule has 1 aliphatic carbocycles. The third-order valence-electron chi connectivity index (χ3n) is 3.93. The van der Waals surface area contributed by atoms with Crippen molar-refractivity contribution in [3.05, 3.63) is 70.8 Å². The van der Waals surface area contributed by atoms with E-state index in [1.807, 2.05) is 24.3 Å². The first kappa shape index (κ1) is 14.8. The standard InChI is InChI=1S/C19H21NO2/c20-10-9-19(21)17-5-2-6-18(12-17)22-13-14-7-8-15-3-1-4-16(15)11-14/h1-3,5-8,11-12,19,21H,4,9-10,13,20H2/t19-/m1/s1. The number of aliphatic hydroxyl groups excluding tert-OH is 1. The molecule has 0 fully saturated rings. The Balaban J connectivity index is 1.65. The van der Waals surface area contributed by atoms with E-state index in [0.29, 0.717) is 19.6 Å². The Morgan fingerprint density at radius 2 is 2.09 bits per heavy atom. The van der Waals surface area contributed by atoms with Crippen LogP contribution in [0.25, 0.3) is 6.08 Å². The van der Waals surface area contributed by atoms with Gasteiger partial charge in [-0.2, -0.15) is 0 Å². The van der Waals surface area contributed by atoms with Gasteiger partial charge in [-0.05, 0) is 53.8 Å². The van der Waals surface area contributed by atoms with Crippen molar-refractivity contribution in [3.63, 3.8) is 0 Å². The van der Waals surface area contributed by atoms with Crippen molar-refractivity contribution in [2.45, 2.75) is 25.6 Å². The number of allylic oxidation sites excluding steroid dienone is 1. The predicted octanol–water partition coefficient (Wildman–Crippen LogP) is 3.22. The Labute approximate surface area is 131 Å². The van der Waals surface area contributed by atoms with Crippen LogP contribution in [-0.4, -0.2) is 11.7 Å². The van der Waals surface area contributed by atoms with Crippen LogP contribution in [0.1, 0.15) is 34.8 Å². The zero-order valence-corrected chi connectivity index (χ0v) is 12.5. The molecule has 114 valence electrons. The number of hydrogen-bond acceptors (Lipinski definition) is 3. The number of hydrogen-bond donors (Lipinski definition) is 2. The number of fused-ring (bicyclic) bond motifs is 1. The van der Waals surface area contributed by atoms with Gasteiger partial charge in [0.2, 0.25) is 0 Å². The monoisotopic (exact) mass is 295 g/mol. The molecule has 0 radical (unpaired) electrons. The molecule has 0 heterocycles. The van der Waals surface area contributed by atoms with Crippen LogP contribution in [0.3, 0.4) is 0 Å². The fourth-order valence-corrected chi connectivity index (χ4v) is 2.70. The smallest absolute Gasteiger partial charge is 0.120 e. The van der Waals surface area contributed by atoms with E-state index < -0.39 is 6.10 Å². The molecule has 1 aliphatic rings. The molecule has 3 nitrogen and oxygen atoms in total. The molecule has 0 spiro atoms. The van der Waals surface area contributed by atoms with E-state index in [9.17, 15) is 5.11 Å². The molecule has 1 atom stereocenters. The summed E-state index contributed by atoms with van der Waals surface area (Å²) in [5, 5.41) is 9.99. The highest BCUT2D eigenvalue weighted by molar-refractivity contribution is 5.60. The van der Waals surface area contributed by atoms with Crippen LogP contribution in [0.5, 0.6) is 5.75 Å². The van der Waals surface area contributed by atoms with Crippen LogP contribution >= 0.6 is 0 Å². The molecule has 3 heteroatoms. The number of nitrogens with two attached hydrogens (primary N) is 1. The van der Waals surface area contributed by atoms with Crippen molar-refractivity contribution in [1.82, 2.24) is 0 Å². The lowest BCUT2D eigenvalue weighted by atomic mass is 10.1. The molecule has 0 unspecified atom stereocenters. The Bertz CT molecular complexity index is 679. The maximum atomic E-state index is 9.99. The topological polar surface area (TPSA) is 55.5 Å². The van der Waals surface area contributed by atoms with E-state index >= 15 is 0 Å². The molecule has 0 amide bonds. The molecule has 0 bridgehead atoms. The lowest BCUT2D eigenvalue weighted by Gasteiger charge is -2.12. The Kier molecular flexibility index (Phi) is 4.56. The van der Waals surface area contributed by atoms with Crippen molar-refractivity contribution < 1.29 is 9.84 Å². The average Bonchev–Trinajstić information content (AvgIpc) is 3.01. The van der Waals surface area contributed by atoms with Crippen LogP contribution in [-0.2, 0) is 13.0 Å². The fourth-order valence-electron chi connectivity index (χ4n) is 2.70. The second kappa shape index (κ2) is 6.77. The SMILES string of the molecule is NCC[C@@H](O)c1cccc(OCc2ccc3c(c2)CC=C3)c1. The largest absolute Gasteiger partial charge is 0.489 e. The van der Waals surface area contributed by atoms with Gasteiger partial charge in [0.15, 0.2) is 0 Å². The number of rotatable bonds is 6. The molecular formula is C19H21NO2. The minimum absolute atomic E-state index is 0.468. The van der Waals surface area contributed by atoms with Gasteiger partial charge in [0.05, 0.1) is 6.10 Å². The molecule has 0 saturated carbocycles. The summed E-state index contributed by atoms with van der Waals surface area (Å²) >= 11 is 0. The summed E-state index contributed by atoms with van der Waals surface area (Å²) < 4.78 is 5.86. The third-order valence-corrected chi connectivity index (χ3v) is 3.93. The summed E-state index contributed by atoms with van der Waals surface area (Å²) in [6, 6.07) is 14.0. The van der Waals surface area contributed by atoms with Gasteiger partial charge in [-0.15, -0.1) is 0 Å². The first-order valence-electron chi connectivity index (χ1n) is 7.65. The minimum Gasteiger partial charge on any atom is -0.489 e. The van der Waals surface area contributed by atoms with Gasteiger partial charge in [-0.1, -0.05) is 42.5 Å². The normalized spacial score (nSPS) is 13.9. The average molecular weight is 295 g/mol. The molecule has 2 aromatic rings. The van der Waals surface area contributed by atoms with Crippen LogP contribution in [0.4, 0.5) is 0 Å². The van der Waals surface area contributed by atoms with E-state index in [1.165, 1.54) is 11.1 Å². The van der Waals surface area contributed by atoms with E-state index in [0.717, 1.165) is 23.3 Å². The van der Waals surface area contributed by atoms with E-state index in [-0.39, 0.29) is 0 Å². The van der Waals surface area contributed by atoms with Crippen LogP contribution in [0.15, 0.2) is 48.5 Å². The summed E-state index contributed by atoms with van der Waals surface area (Å²) in [6.07, 6.45) is 5.37. The first-order valence-corrected chi connectivity index (χ1v) is 7.65. The lowest BCUT2D eigenvalue weighted by Crippen LogP contribution is -2.06. The third kappa shape index (κ3) is 3.38. The van der Waals surface area contributed by atoms with Crippen LogP contribution < -0.4 is 10.5 Å². The number of benzene rings is 2. The van der Waals surface area contributed by atoms with E-state index in [2.05, 4.69) is 30.4 Å². The van der Waals surface area contributed by atoms with Crippen molar-refractivity contribution in [2.24, 2.45) is 5.73 Å². The maximum Gasteiger partial charge on any atom is 0.120 e. The highest BCUT2D eigenvalue weighted by atomic mass is 16.5. The minimum atomic E-state index is -0.528. The summed E-state index contributed by atoms with van der Waals surface area (Å²) in [5.41, 5.74) is 10.2. The number of aliphatic hydroxyl groups is 1. The summed E-state index contributed by atoms with van der Waals surface area (Å²) in [6.45, 7) is 0.999. The second-order valence-electron chi connectivity index (χ2n) is 5.59.